The average molecular weight is 715 g/mol. The third kappa shape index (κ3) is 8.90. The number of carbonyl (C=O) groups excluding carboxylic acids is 2. The molecule has 260 valence electrons. The first-order chi connectivity index (χ1) is 22.4. The minimum Gasteiger partial charge on any atom is -0.458 e. The van der Waals surface area contributed by atoms with Crippen LogP contribution in [0.15, 0.2) is 72.8 Å². The van der Waals surface area contributed by atoms with E-state index in [-0.39, 0.29) is 18.7 Å². The van der Waals surface area contributed by atoms with Crippen molar-refractivity contribution in [2.75, 3.05) is 24.7 Å². The number of aryl methyl sites for hydroxylation is 1. The van der Waals surface area contributed by atoms with Crippen molar-refractivity contribution < 1.29 is 52.9 Å². The normalized spacial score (nSPS) is 17.6. The minimum atomic E-state index is -5.89. The van der Waals surface area contributed by atoms with Crippen molar-refractivity contribution in [3.8, 4) is 5.75 Å². The van der Waals surface area contributed by atoms with Crippen molar-refractivity contribution >= 4 is 37.7 Å². The summed E-state index contributed by atoms with van der Waals surface area (Å²) in [4.78, 5) is 27.0. The Hall–Kier alpha value is -4.02. The van der Waals surface area contributed by atoms with Gasteiger partial charge in [-0.05, 0) is 78.8 Å². The van der Waals surface area contributed by atoms with Crippen molar-refractivity contribution in [2.24, 2.45) is 5.92 Å². The summed E-state index contributed by atoms with van der Waals surface area (Å²) in [6, 6.07) is 16.7. The number of hydrogen-bond acceptors (Lipinski definition) is 8. The molecule has 0 bridgehead atoms. The van der Waals surface area contributed by atoms with E-state index in [1.807, 2.05) is 0 Å². The zero-order valence-corrected chi connectivity index (χ0v) is 27.8. The summed E-state index contributed by atoms with van der Waals surface area (Å²) < 4.78 is 109. The molecular formula is C32H34F4N2O8S2. The van der Waals surface area contributed by atoms with E-state index in [0.29, 0.717) is 36.2 Å². The molecule has 16 heteroatoms. The molecule has 48 heavy (non-hydrogen) atoms. The number of amides is 1. The standard InChI is InChI=1S/C32H34F4N2O8S2/c1-21(39)45-29(23-8-12-25(33)13-9-23)19-18-28-30(24-10-16-27(17-11-24)46-48(43,44)32(34,35)36)38(31(28)40)26-14-6-22(7-15-26)5-4-20-37(2)47(3,41)42/h6-17,28-30H,4-5,18-20H2,1-3H3/t28?,29-,30+/m0/s1. The van der Waals surface area contributed by atoms with Crippen LogP contribution in [-0.4, -0.2) is 58.4 Å². The van der Waals surface area contributed by atoms with E-state index >= 15 is 0 Å². The fourth-order valence-corrected chi connectivity index (χ4v) is 6.31. The molecule has 1 amide bonds. The molecule has 3 aromatic rings. The molecule has 1 unspecified atom stereocenters. The second kappa shape index (κ2) is 14.6. The number of hydrogen-bond donors (Lipinski definition) is 0. The van der Waals surface area contributed by atoms with Gasteiger partial charge in [-0.2, -0.15) is 21.6 Å². The molecule has 3 atom stereocenters. The second-order valence-electron chi connectivity index (χ2n) is 11.4. The van der Waals surface area contributed by atoms with Gasteiger partial charge in [-0.15, -0.1) is 0 Å². The zero-order chi connectivity index (χ0) is 35.4. The van der Waals surface area contributed by atoms with Crippen molar-refractivity contribution in [2.45, 2.75) is 50.3 Å². The monoisotopic (exact) mass is 714 g/mol. The molecule has 10 nitrogen and oxygen atoms in total. The van der Waals surface area contributed by atoms with Crippen LogP contribution in [0.25, 0.3) is 0 Å². The van der Waals surface area contributed by atoms with Crippen LogP contribution >= 0.6 is 0 Å². The molecule has 1 aliphatic rings. The Kier molecular flexibility index (Phi) is 11.2. The first-order valence-corrected chi connectivity index (χ1v) is 18.0. The van der Waals surface area contributed by atoms with E-state index in [0.717, 1.165) is 24.0 Å². The van der Waals surface area contributed by atoms with Crippen LogP contribution < -0.4 is 9.08 Å². The number of rotatable bonds is 14. The Balaban J connectivity index is 1.57. The van der Waals surface area contributed by atoms with Gasteiger partial charge in [0.05, 0.1) is 18.2 Å². The SMILES string of the molecule is CC(=O)O[C@@H](CCC1C(=O)N(c2ccc(CCCN(C)S(C)(=O)=O)cc2)[C@@H]1c1ccc(OS(=O)(=O)C(F)(F)F)cc1)c1ccc(F)cc1. The summed E-state index contributed by atoms with van der Waals surface area (Å²) in [5.41, 5.74) is -3.19. The number of halogens is 4. The average Bonchev–Trinajstić information content (AvgIpc) is 2.99. The Morgan fingerprint density at radius 3 is 2.10 bits per heavy atom. The molecule has 1 saturated heterocycles. The minimum absolute atomic E-state index is 0.192. The maximum absolute atomic E-state index is 13.6. The summed E-state index contributed by atoms with van der Waals surface area (Å²) in [6.45, 7) is 1.55. The highest BCUT2D eigenvalue weighted by atomic mass is 32.2. The van der Waals surface area contributed by atoms with Gasteiger partial charge in [-0.25, -0.2) is 17.1 Å². The molecule has 0 N–H and O–H groups in total. The number of benzene rings is 3. The van der Waals surface area contributed by atoms with Gasteiger partial charge in [0.1, 0.15) is 17.7 Å². The lowest BCUT2D eigenvalue weighted by Gasteiger charge is -2.48. The van der Waals surface area contributed by atoms with E-state index in [2.05, 4.69) is 4.18 Å². The van der Waals surface area contributed by atoms with Crippen LogP contribution in [-0.2, 0) is 40.9 Å². The van der Waals surface area contributed by atoms with Gasteiger partial charge in [-0.1, -0.05) is 36.4 Å². The van der Waals surface area contributed by atoms with Gasteiger partial charge >= 0.3 is 21.6 Å². The maximum atomic E-state index is 13.6. The molecule has 1 aliphatic heterocycles. The molecule has 0 aromatic heterocycles. The van der Waals surface area contributed by atoms with Gasteiger partial charge < -0.3 is 13.8 Å². The fraction of sp³-hybridized carbons (Fsp3) is 0.375. The van der Waals surface area contributed by atoms with E-state index in [1.165, 1.54) is 59.6 Å². The van der Waals surface area contributed by atoms with Gasteiger partial charge in [0.25, 0.3) is 0 Å². The fourth-order valence-electron chi connectivity index (χ4n) is 5.39. The van der Waals surface area contributed by atoms with E-state index < -0.39 is 61.2 Å². The lowest BCUT2D eigenvalue weighted by atomic mass is 9.78. The van der Waals surface area contributed by atoms with E-state index in [9.17, 15) is 44.0 Å². The first kappa shape index (κ1) is 36.8. The summed E-state index contributed by atoms with van der Waals surface area (Å²) >= 11 is 0. The summed E-state index contributed by atoms with van der Waals surface area (Å²) in [5, 5.41) is 0. The second-order valence-corrected chi connectivity index (χ2v) is 15.0. The molecule has 1 heterocycles. The zero-order valence-electron chi connectivity index (χ0n) is 26.2. The van der Waals surface area contributed by atoms with Crippen molar-refractivity contribution in [3.63, 3.8) is 0 Å². The Morgan fingerprint density at radius 1 is 0.958 bits per heavy atom. The Morgan fingerprint density at radius 2 is 1.56 bits per heavy atom. The van der Waals surface area contributed by atoms with Gasteiger partial charge in [0.2, 0.25) is 15.9 Å². The van der Waals surface area contributed by atoms with Crippen molar-refractivity contribution in [1.82, 2.24) is 4.31 Å². The number of nitrogens with zero attached hydrogens (tertiary/aromatic N) is 2. The third-order valence-corrected chi connectivity index (χ3v) is 10.2. The van der Waals surface area contributed by atoms with Crippen molar-refractivity contribution in [1.29, 1.82) is 0 Å². The van der Waals surface area contributed by atoms with Crippen LogP contribution in [0.4, 0.5) is 23.2 Å². The van der Waals surface area contributed by atoms with Gasteiger partial charge in [0.15, 0.2) is 0 Å². The van der Waals surface area contributed by atoms with Crippen LogP contribution in [0.1, 0.15) is 55.0 Å². The number of carbonyl (C=O) groups is 2. The molecular weight excluding hydrogens is 680 g/mol. The largest absolute Gasteiger partial charge is 0.534 e. The molecule has 0 radical (unpaired) electrons. The molecule has 4 rings (SSSR count). The summed E-state index contributed by atoms with van der Waals surface area (Å²) in [5.74, 6) is -2.56. The molecule has 0 spiro atoms. The molecule has 1 fully saturated rings. The number of β-lactam (4-membered cyclic amide) rings is 1. The van der Waals surface area contributed by atoms with Crippen LogP contribution in [0.5, 0.6) is 5.75 Å². The Labute approximate surface area is 276 Å². The number of sulfonamides is 1. The number of alkyl halides is 3. The summed E-state index contributed by atoms with van der Waals surface area (Å²) in [7, 11) is -7.70. The van der Waals surface area contributed by atoms with Gasteiger partial charge in [-0.3, -0.25) is 9.59 Å². The number of esters is 1. The quantitative estimate of drug-likeness (QED) is 0.0688. The predicted octanol–water partition coefficient (Wildman–Crippen LogP) is 5.67. The van der Waals surface area contributed by atoms with Crippen LogP contribution in [0.2, 0.25) is 0 Å². The third-order valence-electron chi connectivity index (χ3n) is 7.93. The summed E-state index contributed by atoms with van der Waals surface area (Å²) in [6.07, 6.45) is 1.88. The van der Waals surface area contributed by atoms with Gasteiger partial charge in [0, 0.05) is 26.2 Å². The highest BCUT2D eigenvalue weighted by Gasteiger charge is 2.50. The van der Waals surface area contributed by atoms with Crippen LogP contribution in [0, 0.1) is 11.7 Å². The van der Waals surface area contributed by atoms with Crippen molar-refractivity contribution in [3.05, 3.63) is 95.3 Å². The lowest BCUT2D eigenvalue weighted by molar-refractivity contribution is -0.147. The predicted molar refractivity (Wildman–Crippen MR) is 168 cm³/mol. The lowest BCUT2D eigenvalue weighted by Crippen LogP contribution is -2.55. The Bertz CT molecular complexity index is 1820. The first-order valence-electron chi connectivity index (χ1n) is 14.7. The highest BCUT2D eigenvalue weighted by molar-refractivity contribution is 7.88. The maximum Gasteiger partial charge on any atom is 0.534 e. The molecule has 0 saturated carbocycles. The number of anilines is 1. The smallest absolute Gasteiger partial charge is 0.458 e. The molecule has 0 aliphatic carbocycles. The van der Waals surface area contributed by atoms with E-state index in [1.54, 1.807) is 24.3 Å². The highest BCUT2D eigenvalue weighted by Crippen LogP contribution is 2.47. The van der Waals surface area contributed by atoms with Crippen LogP contribution in [0.3, 0.4) is 0 Å². The molecule has 3 aromatic carbocycles. The number of ether oxygens (including phenoxy) is 1. The van der Waals surface area contributed by atoms with E-state index in [4.69, 9.17) is 4.74 Å². The topological polar surface area (TPSA) is 127 Å².